The zero-order chi connectivity index (χ0) is 17.2. The molecule has 24 heavy (non-hydrogen) atoms. The zero-order valence-corrected chi connectivity index (χ0v) is 15.3. The molecule has 5 nitrogen and oxygen atoms in total. The molecule has 2 rings (SSSR count). The Balaban J connectivity index is 1.60. The summed E-state index contributed by atoms with van der Waals surface area (Å²) in [5.41, 5.74) is 0. The van der Waals surface area contributed by atoms with E-state index in [4.69, 9.17) is 4.74 Å². The number of unbranched alkanes of at least 4 members (excludes halogenated alkanes) is 1. The van der Waals surface area contributed by atoms with E-state index in [9.17, 15) is 9.59 Å². The van der Waals surface area contributed by atoms with Gasteiger partial charge in [-0.3, -0.25) is 9.59 Å². The molecule has 1 aromatic rings. The van der Waals surface area contributed by atoms with Gasteiger partial charge in [-0.15, -0.1) is 11.3 Å². The van der Waals surface area contributed by atoms with Crippen molar-refractivity contribution in [3.8, 4) is 0 Å². The molecule has 0 atom stereocenters. The summed E-state index contributed by atoms with van der Waals surface area (Å²) in [6.45, 7) is 5.64. The topological polar surface area (TPSA) is 58.6 Å². The third kappa shape index (κ3) is 5.91. The van der Waals surface area contributed by atoms with Crippen LogP contribution < -0.4 is 5.32 Å². The van der Waals surface area contributed by atoms with Gasteiger partial charge >= 0.3 is 0 Å². The minimum absolute atomic E-state index is 0.0263. The summed E-state index contributed by atoms with van der Waals surface area (Å²) < 4.78 is 5.48. The fraction of sp³-hybridized carbons (Fsp3) is 0.667. The molecular weight excluding hydrogens is 324 g/mol. The highest BCUT2D eigenvalue weighted by Gasteiger charge is 2.27. The lowest BCUT2D eigenvalue weighted by Gasteiger charge is -2.31. The number of nitrogens with zero attached hydrogens (tertiary/aromatic N) is 1. The molecule has 1 aromatic heterocycles. The van der Waals surface area contributed by atoms with Gasteiger partial charge in [-0.05, 0) is 37.1 Å². The van der Waals surface area contributed by atoms with Crippen LogP contribution in [0.25, 0.3) is 0 Å². The molecular formula is C18H28N2O3S. The summed E-state index contributed by atoms with van der Waals surface area (Å²) in [7, 11) is 0. The molecule has 0 saturated carbocycles. The number of amides is 2. The van der Waals surface area contributed by atoms with Crippen LogP contribution in [0.3, 0.4) is 0 Å². The van der Waals surface area contributed by atoms with E-state index in [0.29, 0.717) is 26.2 Å². The molecule has 2 amide bonds. The molecule has 0 aliphatic carbocycles. The first-order chi connectivity index (χ1) is 11.7. The first-order valence-corrected chi connectivity index (χ1v) is 9.78. The van der Waals surface area contributed by atoms with Crippen LogP contribution in [0.1, 0.15) is 48.7 Å². The van der Waals surface area contributed by atoms with Crippen molar-refractivity contribution in [2.45, 2.75) is 39.0 Å². The Kier molecular flexibility index (Phi) is 8.25. The van der Waals surface area contributed by atoms with Crippen molar-refractivity contribution < 1.29 is 14.3 Å². The largest absolute Gasteiger partial charge is 0.381 e. The molecule has 0 spiro atoms. The zero-order valence-electron chi connectivity index (χ0n) is 14.5. The fourth-order valence-electron chi connectivity index (χ4n) is 2.78. The van der Waals surface area contributed by atoms with E-state index in [-0.39, 0.29) is 17.7 Å². The molecule has 134 valence electrons. The standard InChI is InChI=1S/C18H28N2O3S/c1-2-3-12-23-13-5-9-19-17(21)15-7-10-20(11-8-15)18(22)16-6-4-14-24-16/h4,6,14-15H,2-3,5,7-13H2,1H3,(H,19,21). The van der Waals surface area contributed by atoms with E-state index in [0.717, 1.165) is 43.6 Å². The van der Waals surface area contributed by atoms with E-state index in [2.05, 4.69) is 12.2 Å². The number of likely N-dealkylation sites (tertiary alicyclic amines) is 1. The van der Waals surface area contributed by atoms with Gasteiger partial charge < -0.3 is 15.0 Å². The molecule has 2 heterocycles. The van der Waals surface area contributed by atoms with Crippen molar-refractivity contribution in [2.75, 3.05) is 32.8 Å². The highest BCUT2D eigenvalue weighted by Crippen LogP contribution is 2.20. The number of hydrogen-bond donors (Lipinski definition) is 1. The van der Waals surface area contributed by atoms with Crippen LogP contribution in [-0.4, -0.2) is 49.6 Å². The second-order valence-corrected chi connectivity index (χ2v) is 7.10. The van der Waals surface area contributed by atoms with Gasteiger partial charge in [0.1, 0.15) is 0 Å². The van der Waals surface area contributed by atoms with Crippen LogP contribution in [0.5, 0.6) is 0 Å². The monoisotopic (exact) mass is 352 g/mol. The molecule has 0 aromatic carbocycles. The predicted octanol–water partition coefficient (Wildman–Crippen LogP) is 2.92. The number of nitrogens with one attached hydrogen (secondary N) is 1. The van der Waals surface area contributed by atoms with Crippen molar-refractivity contribution in [1.82, 2.24) is 10.2 Å². The summed E-state index contributed by atoms with van der Waals surface area (Å²) in [4.78, 5) is 27.1. The van der Waals surface area contributed by atoms with E-state index in [1.807, 2.05) is 22.4 Å². The molecule has 0 radical (unpaired) electrons. The van der Waals surface area contributed by atoms with Crippen LogP contribution >= 0.6 is 11.3 Å². The number of thiophene rings is 1. The smallest absolute Gasteiger partial charge is 0.263 e. The number of carbonyl (C=O) groups is 2. The van der Waals surface area contributed by atoms with Crippen LogP contribution in [0.4, 0.5) is 0 Å². The number of rotatable bonds is 9. The second-order valence-electron chi connectivity index (χ2n) is 6.15. The molecule has 6 heteroatoms. The number of carbonyl (C=O) groups excluding carboxylic acids is 2. The van der Waals surface area contributed by atoms with E-state index in [1.54, 1.807) is 0 Å². The number of hydrogen-bond acceptors (Lipinski definition) is 4. The average Bonchev–Trinajstić information content (AvgIpc) is 3.15. The lowest BCUT2D eigenvalue weighted by Crippen LogP contribution is -2.43. The quantitative estimate of drug-likeness (QED) is 0.695. The van der Waals surface area contributed by atoms with Gasteiger partial charge in [-0.2, -0.15) is 0 Å². The first-order valence-electron chi connectivity index (χ1n) is 8.90. The van der Waals surface area contributed by atoms with Gasteiger partial charge in [0.05, 0.1) is 4.88 Å². The minimum Gasteiger partial charge on any atom is -0.381 e. The summed E-state index contributed by atoms with van der Waals surface area (Å²) in [5.74, 6) is 0.235. The maximum absolute atomic E-state index is 12.3. The maximum atomic E-state index is 12.3. The molecule has 0 bridgehead atoms. The average molecular weight is 353 g/mol. The van der Waals surface area contributed by atoms with Gasteiger partial charge in [0, 0.05) is 38.8 Å². The summed E-state index contributed by atoms with van der Waals surface area (Å²) >= 11 is 1.47. The number of piperidine rings is 1. The third-order valence-electron chi connectivity index (χ3n) is 4.29. The van der Waals surface area contributed by atoms with Crippen LogP contribution in [0.15, 0.2) is 17.5 Å². The van der Waals surface area contributed by atoms with Crippen molar-refractivity contribution in [3.63, 3.8) is 0 Å². The molecule has 1 aliphatic heterocycles. The van der Waals surface area contributed by atoms with E-state index in [1.165, 1.54) is 11.3 Å². The fourth-order valence-corrected chi connectivity index (χ4v) is 3.47. The molecule has 1 fully saturated rings. The predicted molar refractivity (Wildman–Crippen MR) is 96.3 cm³/mol. The Labute approximate surface area is 148 Å². The van der Waals surface area contributed by atoms with Gasteiger partial charge in [0.2, 0.25) is 5.91 Å². The van der Waals surface area contributed by atoms with Crippen LogP contribution in [0, 0.1) is 5.92 Å². The van der Waals surface area contributed by atoms with Gasteiger partial charge in [0.15, 0.2) is 0 Å². The highest BCUT2D eigenvalue weighted by atomic mass is 32.1. The lowest BCUT2D eigenvalue weighted by atomic mass is 9.95. The molecule has 1 saturated heterocycles. The van der Waals surface area contributed by atoms with Gasteiger partial charge in [0.25, 0.3) is 5.91 Å². The summed E-state index contributed by atoms with van der Waals surface area (Å²) in [6, 6.07) is 3.75. The SMILES string of the molecule is CCCCOCCCNC(=O)C1CCN(C(=O)c2cccs2)CC1. The van der Waals surface area contributed by atoms with E-state index < -0.39 is 0 Å². The van der Waals surface area contributed by atoms with Crippen molar-refractivity contribution in [2.24, 2.45) is 5.92 Å². The summed E-state index contributed by atoms with van der Waals surface area (Å²) in [5, 5.41) is 4.91. The first kappa shape index (κ1) is 18.9. The van der Waals surface area contributed by atoms with Crippen molar-refractivity contribution in [3.05, 3.63) is 22.4 Å². The Bertz CT molecular complexity index is 496. The highest BCUT2D eigenvalue weighted by molar-refractivity contribution is 7.12. The third-order valence-corrected chi connectivity index (χ3v) is 5.15. The molecule has 1 N–H and O–H groups in total. The maximum Gasteiger partial charge on any atom is 0.263 e. The normalized spacial score (nSPS) is 15.5. The van der Waals surface area contributed by atoms with Gasteiger partial charge in [-0.25, -0.2) is 0 Å². The van der Waals surface area contributed by atoms with Crippen molar-refractivity contribution in [1.29, 1.82) is 0 Å². The van der Waals surface area contributed by atoms with E-state index >= 15 is 0 Å². The Morgan fingerprint density at radius 3 is 2.71 bits per heavy atom. The minimum atomic E-state index is 0.0263. The van der Waals surface area contributed by atoms with Crippen molar-refractivity contribution >= 4 is 23.2 Å². The lowest BCUT2D eigenvalue weighted by molar-refractivity contribution is -0.126. The second kappa shape index (κ2) is 10.5. The Hall–Kier alpha value is -1.40. The number of ether oxygens (including phenoxy) is 1. The Morgan fingerprint density at radius 1 is 1.29 bits per heavy atom. The molecule has 0 unspecified atom stereocenters. The van der Waals surface area contributed by atoms with Gasteiger partial charge in [-0.1, -0.05) is 19.4 Å². The van der Waals surface area contributed by atoms with Crippen LogP contribution in [-0.2, 0) is 9.53 Å². The Morgan fingerprint density at radius 2 is 2.04 bits per heavy atom. The molecule has 1 aliphatic rings. The summed E-state index contributed by atoms with van der Waals surface area (Å²) in [6.07, 6.45) is 4.58. The van der Waals surface area contributed by atoms with Crippen LogP contribution in [0.2, 0.25) is 0 Å².